The molecule has 0 radical (unpaired) electrons. The van der Waals surface area contributed by atoms with E-state index in [9.17, 15) is 0 Å². The van der Waals surface area contributed by atoms with Gasteiger partial charge in [-0.15, -0.1) is 0 Å². The number of aromatic nitrogens is 2. The van der Waals surface area contributed by atoms with E-state index in [1.54, 1.807) is 6.07 Å². The molecular weight excluding hydrogens is 200 g/mol. The Bertz CT molecular complexity index is 317. The van der Waals surface area contributed by atoms with Gasteiger partial charge in [-0.05, 0) is 19.3 Å². The highest BCUT2D eigenvalue weighted by atomic mass is 35.5. The van der Waals surface area contributed by atoms with E-state index < -0.39 is 0 Å². The fourth-order valence-electron chi connectivity index (χ4n) is 1.56. The molecule has 0 atom stereocenters. The zero-order chi connectivity index (χ0) is 10.1. The van der Waals surface area contributed by atoms with Gasteiger partial charge in [-0.25, -0.2) is 4.98 Å². The SMILES string of the molecule is CN(c1cc(Cl)nc(N)n1)C1CCC1. The molecule has 0 bridgehead atoms. The van der Waals surface area contributed by atoms with Gasteiger partial charge in [-0.3, -0.25) is 0 Å². The Morgan fingerprint density at radius 2 is 2.21 bits per heavy atom. The molecule has 0 saturated heterocycles. The molecule has 0 aliphatic heterocycles. The minimum Gasteiger partial charge on any atom is -0.368 e. The van der Waals surface area contributed by atoms with Crippen molar-refractivity contribution >= 4 is 23.4 Å². The first-order valence-electron chi connectivity index (χ1n) is 4.69. The number of nitrogens with zero attached hydrogens (tertiary/aromatic N) is 3. The fourth-order valence-corrected chi connectivity index (χ4v) is 1.75. The van der Waals surface area contributed by atoms with Crippen LogP contribution in [0.15, 0.2) is 6.07 Å². The molecule has 0 amide bonds. The van der Waals surface area contributed by atoms with Crippen LogP contribution in [0.4, 0.5) is 11.8 Å². The molecule has 14 heavy (non-hydrogen) atoms. The van der Waals surface area contributed by atoms with Crippen LogP contribution in [0.1, 0.15) is 19.3 Å². The molecule has 1 fully saturated rings. The third-order valence-corrected chi connectivity index (χ3v) is 2.88. The minimum absolute atomic E-state index is 0.235. The van der Waals surface area contributed by atoms with Gasteiger partial charge >= 0.3 is 0 Å². The Labute approximate surface area is 88.1 Å². The number of rotatable bonds is 2. The smallest absolute Gasteiger partial charge is 0.223 e. The topological polar surface area (TPSA) is 55.0 Å². The third kappa shape index (κ3) is 1.75. The summed E-state index contributed by atoms with van der Waals surface area (Å²) < 4.78 is 0. The van der Waals surface area contributed by atoms with Crippen LogP contribution in [0.2, 0.25) is 5.15 Å². The Morgan fingerprint density at radius 3 is 2.71 bits per heavy atom. The van der Waals surface area contributed by atoms with Gasteiger partial charge in [-0.1, -0.05) is 11.6 Å². The van der Waals surface area contributed by atoms with Gasteiger partial charge in [0.05, 0.1) is 0 Å². The van der Waals surface area contributed by atoms with Gasteiger partial charge < -0.3 is 10.6 Å². The van der Waals surface area contributed by atoms with Crippen molar-refractivity contribution in [3.63, 3.8) is 0 Å². The summed E-state index contributed by atoms with van der Waals surface area (Å²) in [6, 6.07) is 2.33. The van der Waals surface area contributed by atoms with Crippen molar-refractivity contribution in [1.29, 1.82) is 0 Å². The molecule has 4 nitrogen and oxygen atoms in total. The van der Waals surface area contributed by atoms with Crippen LogP contribution in [-0.2, 0) is 0 Å². The van der Waals surface area contributed by atoms with Gasteiger partial charge in [0, 0.05) is 19.2 Å². The summed E-state index contributed by atoms with van der Waals surface area (Å²) in [6.45, 7) is 0. The van der Waals surface area contributed by atoms with Crippen LogP contribution < -0.4 is 10.6 Å². The van der Waals surface area contributed by atoms with Crippen LogP contribution >= 0.6 is 11.6 Å². The largest absolute Gasteiger partial charge is 0.368 e. The number of hydrogen-bond donors (Lipinski definition) is 1. The number of nitrogen functional groups attached to an aromatic ring is 1. The molecule has 1 aliphatic rings. The molecular formula is C9H13ClN4. The van der Waals surface area contributed by atoms with E-state index in [2.05, 4.69) is 14.9 Å². The quantitative estimate of drug-likeness (QED) is 0.759. The molecule has 76 valence electrons. The first-order chi connectivity index (χ1) is 6.66. The van der Waals surface area contributed by atoms with Gasteiger partial charge in [0.1, 0.15) is 11.0 Å². The van der Waals surface area contributed by atoms with E-state index in [0.29, 0.717) is 11.2 Å². The summed E-state index contributed by atoms with van der Waals surface area (Å²) in [6.07, 6.45) is 3.74. The summed E-state index contributed by atoms with van der Waals surface area (Å²) in [4.78, 5) is 10.1. The van der Waals surface area contributed by atoms with Crippen LogP contribution in [0.25, 0.3) is 0 Å². The van der Waals surface area contributed by atoms with Crippen molar-refractivity contribution in [2.75, 3.05) is 17.7 Å². The third-order valence-electron chi connectivity index (χ3n) is 2.68. The molecule has 2 rings (SSSR count). The molecule has 0 aromatic carbocycles. The Balaban J connectivity index is 2.21. The zero-order valence-corrected chi connectivity index (χ0v) is 8.83. The van der Waals surface area contributed by atoms with E-state index in [4.69, 9.17) is 17.3 Å². The molecule has 1 aliphatic carbocycles. The van der Waals surface area contributed by atoms with Crippen molar-refractivity contribution < 1.29 is 0 Å². The van der Waals surface area contributed by atoms with Gasteiger partial charge in [0.2, 0.25) is 5.95 Å². The van der Waals surface area contributed by atoms with Crippen molar-refractivity contribution in [1.82, 2.24) is 9.97 Å². The summed E-state index contributed by atoms with van der Waals surface area (Å²) in [7, 11) is 2.02. The van der Waals surface area contributed by atoms with Crippen LogP contribution in [0.3, 0.4) is 0 Å². The average Bonchev–Trinajstić information content (AvgIpc) is 1.98. The van der Waals surface area contributed by atoms with Crippen molar-refractivity contribution in [3.8, 4) is 0 Å². The van der Waals surface area contributed by atoms with Crippen LogP contribution in [-0.4, -0.2) is 23.1 Å². The summed E-state index contributed by atoms with van der Waals surface area (Å²) in [5, 5.41) is 0.402. The second kappa shape index (κ2) is 3.61. The molecule has 1 aromatic rings. The molecule has 0 spiro atoms. The number of hydrogen-bond acceptors (Lipinski definition) is 4. The van der Waals surface area contributed by atoms with E-state index in [0.717, 1.165) is 5.82 Å². The van der Waals surface area contributed by atoms with E-state index in [-0.39, 0.29) is 5.95 Å². The Morgan fingerprint density at radius 1 is 1.50 bits per heavy atom. The van der Waals surface area contributed by atoms with E-state index in [1.165, 1.54) is 19.3 Å². The highest BCUT2D eigenvalue weighted by molar-refractivity contribution is 6.29. The van der Waals surface area contributed by atoms with Crippen molar-refractivity contribution in [2.24, 2.45) is 0 Å². The highest BCUT2D eigenvalue weighted by Gasteiger charge is 2.23. The normalized spacial score (nSPS) is 16.4. The fraction of sp³-hybridized carbons (Fsp3) is 0.556. The van der Waals surface area contributed by atoms with Crippen molar-refractivity contribution in [3.05, 3.63) is 11.2 Å². The maximum absolute atomic E-state index is 5.80. The number of anilines is 2. The molecule has 2 N–H and O–H groups in total. The van der Waals surface area contributed by atoms with Crippen LogP contribution in [0, 0.1) is 0 Å². The molecule has 5 heteroatoms. The van der Waals surface area contributed by atoms with Crippen molar-refractivity contribution in [2.45, 2.75) is 25.3 Å². The minimum atomic E-state index is 0.235. The van der Waals surface area contributed by atoms with Gasteiger partial charge in [-0.2, -0.15) is 4.98 Å². The lowest BCUT2D eigenvalue weighted by molar-refractivity contribution is 0.399. The Hall–Kier alpha value is -1.03. The second-order valence-corrected chi connectivity index (χ2v) is 3.99. The molecule has 0 unspecified atom stereocenters. The zero-order valence-electron chi connectivity index (χ0n) is 8.07. The van der Waals surface area contributed by atoms with Crippen LogP contribution in [0.5, 0.6) is 0 Å². The summed E-state index contributed by atoms with van der Waals surface area (Å²) in [5.41, 5.74) is 5.52. The standard InChI is InChI=1S/C9H13ClN4/c1-14(6-3-2-4-6)8-5-7(10)12-9(11)13-8/h5-6H,2-4H2,1H3,(H2,11,12,13). The lowest BCUT2D eigenvalue weighted by Gasteiger charge is -2.35. The monoisotopic (exact) mass is 212 g/mol. The average molecular weight is 213 g/mol. The highest BCUT2D eigenvalue weighted by Crippen LogP contribution is 2.28. The summed E-state index contributed by atoms with van der Waals surface area (Å²) in [5.74, 6) is 1.05. The van der Waals surface area contributed by atoms with E-state index in [1.807, 2.05) is 7.05 Å². The predicted molar refractivity (Wildman–Crippen MR) is 57.5 cm³/mol. The lowest BCUT2D eigenvalue weighted by Crippen LogP contribution is -2.37. The number of halogens is 1. The summed E-state index contributed by atoms with van der Waals surface area (Å²) >= 11 is 5.80. The van der Waals surface area contributed by atoms with E-state index >= 15 is 0 Å². The molecule has 1 heterocycles. The van der Waals surface area contributed by atoms with Gasteiger partial charge in [0.25, 0.3) is 0 Å². The maximum atomic E-state index is 5.80. The lowest BCUT2D eigenvalue weighted by atomic mass is 9.92. The molecule has 1 aromatic heterocycles. The first-order valence-corrected chi connectivity index (χ1v) is 5.07. The Kier molecular flexibility index (Phi) is 2.46. The first kappa shape index (κ1) is 9.52. The maximum Gasteiger partial charge on any atom is 0.223 e. The number of nitrogens with two attached hydrogens (primary N) is 1. The van der Waals surface area contributed by atoms with Gasteiger partial charge in [0.15, 0.2) is 0 Å². The predicted octanol–water partition coefficient (Wildman–Crippen LogP) is 1.70. The second-order valence-electron chi connectivity index (χ2n) is 3.60. The molecule has 1 saturated carbocycles.